The number of carbonyl (C=O) groups is 2. The minimum absolute atomic E-state index is 0.329. The SMILES string of the molecule is COc1ccc(C(=O)NN=C(C)c2ccc(OC3OCCOC3Oc3ccc(C(C)=NNC(=O)c4ccc(OC)cc4)cc3)cc2)cc1. The van der Waals surface area contributed by atoms with E-state index in [1.165, 1.54) is 0 Å². The Bertz CT molecular complexity index is 1610. The number of nitrogens with one attached hydrogen (secondary N) is 2. The van der Waals surface area contributed by atoms with Gasteiger partial charge in [0.15, 0.2) is 0 Å². The van der Waals surface area contributed by atoms with E-state index in [-0.39, 0.29) is 11.8 Å². The van der Waals surface area contributed by atoms with Crippen LogP contribution < -0.4 is 29.8 Å². The molecule has 48 heavy (non-hydrogen) atoms. The average molecular weight is 653 g/mol. The van der Waals surface area contributed by atoms with Crippen LogP contribution in [-0.2, 0) is 9.47 Å². The van der Waals surface area contributed by atoms with Crippen LogP contribution in [0.1, 0.15) is 45.7 Å². The van der Waals surface area contributed by atoms with Gasteiger partial charge in [-0.15, -0.1) is 0 Å². The molecule has 0 spiro atoms. The minimum atomic E-state index is -0.820. The highest BCUT2D eigenvalue weighted by Gasteiger charge is 2.31. The van der Waals surface area contributed by atoms with Crippen LogP contribution in [0.3, 0.4) is 0 Å². The van der Waals surface area contributed by atoms with Gasteiger partial charge in [0.25, 0.3) is 24.4 Å². The molecular weight excluding hydrogens is 616 g/mol. The van der Waals surface area contributed by atoms with E-state index in [1.807, 2.05) is 24.3 Å². The molecule has 1 saturated heterocycles. The van der Waals surface area contributed by atoms with Crippen LogP contribution in [0, 0.1) is 0 Å². The molecule has 2 N–H and O–H groups in total. The van der Waals surface area contributed by atoms with Crippen molar-refractivity contribution in [3.8, 4) is 23.0 Å². The summed E-state index contributed by atoms with van der Waals surface area (Å²) < 4.78 is 34.0. The lowest BCUT2D eigenvalue weighted by molar-refractivity contribution is -0.271. The highest BCUT2D eigenvalue weighted by Crippen LogP contribution is 2.23. The Kier molecular flexibility index (Phi) is 11.4. The first-order valence-corrected chi connectivity index (χ1v) is 15.1. The third kappa shape index (κ3) is 8.96. The van der Waals surface area contributed by atoms with Crippen LogP contribution in [0.5, 0.6) is 23.0 Å². The van der Waals surface area contributed by atoms with E-state index in [4.69, 9.17) is 28.4 Å². The number of ether oxygens (including phenoxy) is 6. The summed E-state index contributed by atoms with van der Waals surface area (Å²) in [6, 6.07) is 27.9. The van der Waals surface area contributed by atoms with E-state index in [0.29, 0.717) is 58.8 Å². The number of hydrogen-bond acceptors (Lipinski definition) is 10. The maximum absolute atomic E-state index is 12.4. The zero-order valence-corrected chi connectivity index (χ0v) is 27.0. The molecule has 2 atom stereocenters. The van der Waals surface area contributed by atoms with Crippen molar-refractivity contribution >= 4 is 23.2 Å². The Morgan fingerprint density at radius 1 is 0.542 bits per heavy atom. The largest absolute Gasteiger partial charge is 0.497 e. The van der Waals surface area contributed by atoms with E-state index in [0.717, 1.165) is 11.1 Å². The van der Waals surface area contributed by atoms with Crippen LogP contribution in [0.15, 0.2) is 107 Å². The summed E-state index contributed by atoms with van der Waals surface area (Å²) in [7, 11) is 3.13. The molecule has 4 aromatic rings. The number of rotatable bonds is 12. The fraction of sp³-hybridized carbons (Fsp3) is 0.222. The van der Waals surface area contributed by atoms with Gasteiger partial charge in [0.2, 0.25) is 0 Å². The second kappa shape index (κ2) is 16.2. The zero-order valence-electron chi connectivity index (χ0n) is 27.0. The molecule has 4 aromatic carbocycles. The lowest BCUT2D eigenvalue weighted by atomic mass is 10.1. The molecule has 12 nitrogen and oxygen atoms in total. The summed E-state index contributed by atoms with van der Waals surface area (Å²) in [6.45, 7) is 4.28. The molecule has 1 aliphatic heterocycles. The first-order valence-electron chi connectivity index (χ1n) is 15.1. The molecular formula is C36H36N4O8. The van der Waals surface area contributed by atoms with Gasteiger partial charge in [-0.05, 0) is 122 Å². The molecule has 5 rings (SSSR count). The maximum Gasteiger partial charge on any atom is 0.271 e. The number of hydrogen-bond donors (Lipinski definition) is 2. The number of benzene rings is 4. The molecule has 0 radical (unpaired) electrons. The van der Waals surface area contributed by atoms with Crippen molar-refractivity contribution in [1.29, 1.82) is 0 Å². The van der Waals surface area contributed by atoms with Crippen molar-refractivity contribution in [3.05, 3.63) is 119 Å². The Balaban J connectivity index is 1.14. The quantitative estimate of drug-likeness (QED) is 0.158. The first kappa shape index (κ1) is 33.6. The van der Waals surface area contributed by atoms with Gasteiger partial charge >= 0.3 is 0 Å². The molecule has 0 saturated carbocycles. The van der Waals surface area contributed by atoms with Gasteiger partial charge in [0.05, 0.1) is 38.9 Å². The smallest absolute Gasteiger partial charge is 0.271 e. The van der Waals surface area contributed by atoms with E-state index >= 15 is 0 Å². The molecule has 2 amide bonds. The summed E-state index contributed by atoms with van der Waals surface area (Å²) in [5.41, 5.74) is 8.90. The topological polar surface area (TPSA) is 138 Å². The fourth-order valence-electron chi connectivity index (χ4n) is 4.49. The van der Waals surface area contributed by atoms with Gasteiger partial charge in [-0.25, -0.2) is 10.9 Å². The Morgan fingerprint density at radius 3 is 1.19 bits per heavy atom. The highest BCUT2D eigenvalue weighted by molar-refractivity contribution is 6.01. The van der Waals surface area contributed by atoms with Gasteiger partial charge in [-0.2, -0.15) is 10.2 Å². The standard InChI is InChI=1S/C36H36N4O8/c1-23(37-39-33(41)27-9-13-29(43-3)14-10-27)25-5-17-31(18-6-25)47-35-36(46-22-21-45-35)48-32-19-7-26(8-20-32)24(2)38-40-34(42)28-11-15-30(44-4)16-12-28/h5-20,35-36H,21-22H2,1-4H3,(H,39,41)(H,40,42). The van der Waals surface area contributed by atoms with Gasteiger partial charge < -0.3 is 28.4 Å². The maximum atomic E-state index is 12.4. The second-order valence-corrected chi connectivity index (χ2v) is 10.5. The van der Waals surface area contributed by atoms with Crippen LogP contribution in [0.2, 0.25) is 0 Å². The van der Waals surface area contributed by atoms with E-state index < -0.39 is 12.6 Å². The Morgan fingerprint density at radius 2 is 0.854 bits per heavy atom. The number of nitrogens with zero attached hydrogens (tertiary/aromatic N) is 2. The van der Waals surface area contributed by atoms with Crippen LogP contribution in [0.25, 0.3) is 0 Å². The summed E-state index contributed by atoms with van der Waals surface area (Å²) in [6.07, 6.45) is -1.64. The fourth-order valence-corrected chi connectivity index (χ4v) is 4.49. The lowest BCUT2D eigenvalue weighted by Crippen LogP contribution is -2.45. The molecule has 248 valence electrons. The van der Waals surface area contributed by atoms with Crippen molar-refractivity contribution in [1.82, 2.24) is 10.9 Å². The van der Waals surface area contributed by atoms with Crippen molar-refractivity contribution in [3.63, 3.8) is 0 Å². The number of amides is 2. The molecule has 0 aromatic heterocycles. The normalized spacial score (nSPS) is 16.4. The monoisotopic (exact) mass is 652 g/mol. The second-order valence-electron chi connectivity index (χ2n) is 10.5. The number of hydrazone groups is 2. The predicted molar refractivity (Wildman–Crippen MR) is 179 cm³/mol. The van der Waals surface area contributed by atoms with Crippen LogP contribution in [0.4, 0.5) is 0 Å². The van der Waals surface area contributed by atoms with Gasteiger partial charge in [0.1, 0.15) is 23.0 Å². The Labute approximate surface area is 278 Å². The molecule has 0 aliphatic carbocycles. The zero-order chi connectivity index (χ0) is 33.9. The molecule has 1 heterocycles. The highest BCUT2D eigenvalue weighted by atomic mass is 16.8. The summed E-state index contributed by atoms with van der Waals surface area (Å²) >= 11 is 0. The summed E-state index contributed by atoms with van der Waals surface area (Å²) in [5, 5.41) is 8.44. The molecule has 12 heteroatoms. The minimum Gasteiger partial charge on any atom is -0.497 e. The van der Waals surface area contributed by atoms with Crippen molar-refractivity contribution in [2.24, 2.45) is 10.2 Å². The third-order valence-corrected chi connectivity index (χ3v) is 7.27. The average Bonchev–Trinajstić information content (AvgIpc) is 3.14. The van der Waals surface area contributed by atoms with E-state index in [1.54, 1.807) is 101 Å². The Hall–Kier alpha value is -5.72. The van der Waals surface area contributed by atoms with Crippen molar-refractivity contribution in [2.75, 3.05) is 27.4 Å². The van der Waals surface area contributed by atoms with Crippen molar-refractivity contribution < 1.29 is 38.0 Å². The van der Waals surface area contributed by atoms with Gasteiger partial charge in [-0.3, -0.25) is 9.59 Å². The van der Waals surface area contributed by atoms with Crippen LogP contribution >= 0.6 is 0 Å². The number of carbonyl (C=O) groups excluding carboxylic acids is 2. The molecule has 0 bridgehead atoms. The summed E-state index contributed by atoms with van der Waals surface area (Å²) in [4.78, 5) is 24.9. The van der Waals surface area contributed by atoms with Crippen LogP contribution in [-0.4, -0.2) is 63.3 Å². The molecule has 1 fully saturated rings. The van der Waals surface area contributed by atoms with E-state index in [9.17, 15) is 9.59 Å². The third-order valence-electron chi connectivity index (χ3n) is 7.27. The molecule has 1 aliphatic rings. The van der Waals surface area contributed by atoms with Gasteiger partial charge in [-0.1, -0.05) is 0 Å². The van der Waals surface area contributed by atoms with Crippen molar-refractivity contribution in [2.45, 2.75) is 26.4 Å². The summed E-state index contributed by atoms with van der Waals surface area (Å²) in [5.74, 6) is 1.75. The lowest BCUT2D eigenvalue weighted by Gasteiger charge is -2.31. The number of methoxy groups -OCH3 is 2. The first-order chi connectivity index (χ1) is 23.3. The molecule has 2 unspecified atom stereocenters. The predicted octanol–water partition coefficient (Wildman–Crippen LogP) is 5.17. The van der Waals surface area contributed by atoms with Gasteiger partial charge in [0, 0.05) is 11.1 Å². The van der Waals surface area contributed by atoms with E-state index in [2.05, 4.69) is 21.1 Å².